The van der Waals surface area contributed by atoms with Crippen LogP contribution in [0, 0.1) is 11.3 Å². The van der Waals surface area contributed by atoms with E-state index in [1.165, 1.54) is 24.7 Å². The molecule has 0 aliphatic heterocycles. The Labute approximate surface area is 89.0 Å². The lowest BCUT2D eigenvalue weighted by atomic mass is 10.3. The van der Waals surface area contributed by atoms with E-state index in [2.05, 4.69) is 15.1 Å². The summed E-state index contributed by atoms with van der Waals surface area (Å²) in [6, 6.07) is 2.89. The van der Waals surface area contributed by atoms with Crippen molar-refractivity contribution in [3.05, 3.63) is 30.4 Å². The minimum absolute atomic E-state index is 0.199. The number of hydrogen-bond acceptors (Lipinski definition) is 4. The zero-order valence-corrected chi connectivity index (χ0v) is 7.88. The Morgan fingerprint density at radius 3 is 2.62 bits per heavy atom. The molecule has 0 amide bonds. The lowest BCUT2D eigenvalue weighted by molar-refractivity contribution is 0.0559. The number of aromatic nitrogens is 4. The Kier molecular flexibility index (Phi) is 2.55. The van der Waals surface area contributed by atoms with Crippen LogP contribution in [0.3, 0.4) is 0 Å². The summed E-state index contributed by atoms with van der Waals surface area (Å²) in [4.78, 5) is 7.69. The van der Waals surface area contributed by atoms with E-state index in [-0.39, 0.29) is 11.4 Å². The van der Waals surface area contributed by atoms with Crippen LogP contribution in [0.15, 0.2) is 24.7 Å². The maximum absolute atomic E-state index is 12.5. The van der Waals surface area contributed by atoms with E-state index in [9.17, 15) is 8.78 Å². The Hall–Kier alpha value is -2.36. The standard InChI is InChI=1S/C9H5F2N5/c10-9(11)16-6(4-12)3-7(15-16)8-5-13-1-2-14-8/h1-3,5,9H. The van der Waals surface area contributed by atoms with Crippen molar-refractivity contribution in [1.29, 1.82) is 5.26 Å². The summed E-state index contributed by atoms with van der Waals surface area (Å²) in [6.07, 6.45) is 4.26. The van der Waals surface area contributed by atoms with Gasteiger partial charge >= 0.3 is 6.55 Å². The molecule has 5 nitrogen and oxygen atoms in total. The first kappa shape index (κ1) is 10.2. The monoisotopic (exact) mass is 221 g/mol. The van der Waals surface area contributed by atoms with Crippen LogP contribution in [-0.2, 0) is 0 Å². The molecule has 2 rings (SSSR count). The molecule has 2 aromatic rings. The molecule has 0 aliphatic rings. The van der Waals surface area contributed by atoms with Crippen molar-refractivity contribution in [1.82, 2.24) is 19.7 Å². The molecule has 0 bridgehead atoms. The van der Waals surface area contributed by atoms with Gasteiger partial charge in [-0.3, -0.25) is 9.97 Å². The summed E-state index contributed by atoms with van der Waals surface area (Å²) in [5.41, 5.74) is 0.332. The van der Waals surface area contributed by atoms with Gasteiger partial charge in [-0.05, 0) is 0 Å². The minimum Gasteiger partial charge on any atom is -0.261 e. The van der Waals surface area contributed by atoms with E-state index in [0.29, 0.717) is 10.4 Å². The smallest absolute Gasteiger partial charge is 0.261 e. The average Bonchev–Trinajstić information content (AvgIpc) is 2.74. The van der Waals surface area contributed by atoms with Crippen molar-refractivity contribution in [2.45, 2.75) is 6.55 Å². The molecule has 80 valence electrons. The van der Waals surface area contributed by atoms with Crippen molar-refractivity contribution in [3.63, 3.8) is 0 Å². The maximum atomic E-state index is 12.5. The minimum atomic E-state index is -2.85. The highest BCUT2D eigenvalue weighted by Crippen LogP contribution is 2.19. The molecule has 0 N–H and O–H groups in total. The van der Waals surface area contributed by atoms with Gasteiger partial charge in [-0.15, -0.1) is 0 Å². The highest BCUT2D eigenvalue weighted by molar-refractivity contribution is 5.54. The molecule has 0 aliphatic carbocycles. The molecule has 2 aromatic heterocycles. The largest absolute Gasteiger partial charge is 0.334 e. The second kappa shape index (κ2) is 4.02. The molecule has 0 saturated carbocycles. The maximum Gasteiger partial charge on any atom is 0.334 e. The van der Waals surface area contributed by atoms with Gasteiger partial charge in [0.2, 0.25) is 0 Å². The fraction of sp³-hybridized carbons (Fsp3) is 0.111. The van der Waals surface area contributed by atoms with Crippen LogP contribution < -0.4 is 0 Å². The third-order valence-electron chi connectivity index (χ3n) is 1.86. The van der Waals surface area contributed by atoms with Gasteiger partial charge in [0.05, 0.1) is 6.20 Å². The van der Waals surface area contributed by atoms with Gasteiger partial charge in [-0.25, -0.2) is 0 Å². The summed E-state index contributed by atoms with van der Waals surface area (Å²) in [6.45, 7) is -2.85. The summed E-state index contributed by atoms with van der Waals surface area (Å²) >= 11 is 0. The van der Waals surface area contributed by atoms with Gasteiger partial charge in [0.15, 0.2) is 0 Å². The Morgan fingerprint density at radius 1 is 1.31 bits per heavy atom. The molecule has 7 heteroatoms. The molecular formula is C9H5F2N5. The second-order valence-corrected chi connectivity index (χ2v) is 2.84. The Bertz CT molecular complexity index is 529. The molecule has 0 aromatic carbocycles. The van der Waals surface area contributed by atoms with Gasteiger partial charge in [0, 0.05) is 18.5 Å². The lowest BCUT2D eigenvalue weighted by Gasteiger charge is -1.98. The predicted octanol–water partition coefficient (Wildman–Crippen LogP) is 1.61. The molecule has 0 spiro atoms. The van der Waals surface area contributed by atoms with Crippen LogP contribution in [0.2, 0.25) is 0 Å². The summed E-state index contributed by atoms with van der Waals surface area (Å²) < 4.78 is 25.3. The fourth-order valence-corrected chi connectivity index (χ4v) is 1.18. The molecule has 0 unspecified atom stereocenters. The van der Waals surface area contributed by atoms with Crippen LogP contribution in [-0.4, -0.2) is 19.7 Å². The van der Waals surface area contributed by atoms with Crippen LogP contribution in [0.5, 0.6) is 0 Å². The fourth-order valence-electron chi connectivity index (χ4n) is 1.18. The number of nitriles is 1. The number of rotatable bonds is 2. The third-order valence-corrected chi connectivity index (χ3v) is 1.86. The molecule has 2 heterocycles. The number of hydrogen-bond donors (Lipinski definition) is 0. The van der Waals surface area contributed by atoms with Gasteiger partial charge in [-0.2, -0.15) is 23.8 Å². The summed E-state index contributed by atoms with van der Waals surface area (Å²) in [5.74, 6) is 0. The predicted molar refractivity (Wildman–Crippen MR) is 49.2 cm³/mol. The molecule has 0 radical (unpaired) electrons. The quantitative estimate of drug-likeness (QED) is 0.772. The highest BCUT2D eigenvalue weighted by atomic mass is 19.3. The first-order chi connectivity index (χ1) is 7.72. The molecular weight excluding hydrogens is 216 g/mol. The van der Waals surface area contributed by atoms with Crippen molar-refractivity contribution >= 4 is 0 Å². The van der Waals surface area contributed by atoms with Crippen LogP contribution in [0.4, 0.5) is 8.78 Å². The first-order valence-corrected chi connectivity index (χ1v) is 4.26. The van der Waals surface area contributed by atoms with Crippen molar-refractivity contribution in [2.75, 3.05) is 0 Å². The van der Waals surface area contributed by atoms with Gasteiger partial charge < -0.3 is 0 Å². The highest BCUT2D eigenvalue weighted by Gasteiger charge is 2.16. The SMILES string of the molecule is N#Cc1cc(-c2cnccn2)nn1C(F)F. The third kappa shape index (κ3) is 1.72. The zero-order chi connectivity index (χ0) is 11.5. The van der Waals surface area contributed by atoms with Crippen LogP contribution >= 0.6 is 0 Å². The van der Waals surface area contributed by atoms with Crippen LogP contribution in [0.25, 0.3) is 11.4 Å². The average molecular weight is 221 g/mol. The van der Waals surface area contributed by atoms with E-state index in [4.69, 9.17) is 5.26 Å². The van der Waals surface area contributed by atoms with E-state index < -0.39 is 6.55 Å². The molecule has 0 saturated heterocycles. The van der Waals surface area contributed by atoms with E-state index in [0.717, 1.165) is 0 Å². The number of nitrogens with zero attached hydrogens (tertiary/aromatic N) is 5. The summed E-state index contributed by atoms with van der Waals surface area (Å²) in [5, 5.41) is 12.2. The van der Waals surface area contributed by atoms with Crippen molar-refractivity contribution in [3.8, 4) is 17.5 Å². The Balaban J connectivity index is 2.49. The lowest BCUT2D eigenvalue weighted by Crippen LogP contribution is -2.02. The van der Waals surface area contributed by atoms with E-state index in [1.54, 1.807) is 6.07 Å². The topological polar surface area (TPSA) is 67.4 Å². The van der Waals surface area contributed by atoms with E-state index >= 15 is 0 Å². The summed E-state index contributed by atoms with van der Waals surface area (Å²) in [7, 11) is 0. The van der Waals surface area contributed by atoms with Gasteiger partial charge in [0.25, 0.3) is 0 Å². The first-order valence-electron chi connectivity index (χ1n) is 4.26. The van der Waals surface area contributed by atoms with Crippen molar-refractivity contribution < 1.29 is 8.78 Å². The zero-order valence-electron chi connectivity index (χ0n) is 7.88. The van der Waals surface area contributed by atoms with Crippen molar-refractivity contribution in [2.24, 2.45) is 0 Å². The second-order valence-electron chi connectivity index (χ2n) is 2.84. The van der Waals surface area contributed by atoms with E-state index in [1.807, 2.05) is 0 Å². The van der Waals surface area contributed by atoms with Gasteiger partial charge in [-0.1, -0.05) is 0 Å². The molecule has 0 atom stereocenters. The molecule has 16 heavy (non-hydrogen) atoms. The normalized spacial score (nSPS) is 10.4. The van der Waals surface area contributed by atoms with Gasteiger partial charge in [0.1, 0.15) is 23.2 Å². The van der Waals surface area contributed by atoms with Crippen LogP contribution in [0.1, 0.15) is 12.2 Å². The number of halogens is 2. The number of alkyl halides is 2. The molecule has 0 fully saturated rings. The Morgan fingerprint density at radius 2 is 2.12 bits per heavy atom.